The number of halogens is 5. The normalized spacial score (nSPS) is 24.2. The summed E-state index contributed by atoms with van der Waals surface area (Å²) in [5.41, 5.74) is 0.846. The van der Waals surface area contributed by atoms with Gasteiger partial charge in [0.2, 0.25) is 23.6 Å². The van der Waals surface area contributed by atoms with Crippen LogP contribution in [-0.4, -0.2) is 171 Å². The van der Waals surface area contributed by atoms with Crippen LogP contribution in [0.1, 0.15) is 108 Å². The number of hydrogen-bond donors (Lipinski definition) is 8. The number of alkyl carbamates (subject to hydrolysis) is 1. The number of ether oxygens (including phenoxy) is 5. The highest BCUT2D eigenvalue weighted by molar-refractivity contribution is 9.09. The number of aliphatic hydroxyl groups is 1. The van der Waals surface area contributed by atoms with E-state index in [9.17, 15) is 48.3 Å². The minimum atomic E-state index is -5.25. The Morgan fingerprint density at radius 2 is 1.73 bits per heavy atom. The molecule has 2 saturated heterocycles. The number of alkyl halides is 4. The Bertz CT molecular complexity index is 3060. The van der Waals surface area contributed by atoms with Crippen molar-refractivity contribution < 1.29 is 85.1 Å². The zero-order valence-corrected chi connectivity index (χ0v) is 54.3. The number of allylic oxidation sites excluding steroid dienone is 3. The highest BCUT2D eigenvalue weighted by Crippen LogP contribution is 2.49. The molecule has 1 unspecified atom stereocenters. The Labute approximate surface area is 534 Å². The average molecular weight is 1350 g/mol. The number of amides is 8. The standard InChI is InChI=1S/C61H82BrClF3N9O15/c1-32(2)50(70-39(31-76)17-12-13-22-68-52(78)34(4)30-62)54(80)72-42(18-15-23-69-57(67)83)53(79)71-38-20-21-40(41(27-38)61(64,65)66)55(81)74(8)36(6)56(82)89-47-28-48(77)75(9)43-25-37(26-44(86-10)49(43)63)24-33(3)16-14-19-46(87-11)60(85)29-45(88-58(84)73-60)35(5)51-59(47,7)90-51/h14,16,19-21,25-27,31-32,35-36,39,42,45-47,50-51,70,85H,4,12-13,15,17-18,22-24,28-30H2,1-3,5-11H3,(H,68,78)(H,71,79)(H,72,80)(H,73,84)(H3,67,69,83)/b19-14+,33-16+/t35-,36+,39?,42+,45+,46-,47+,50+,51+,59+,60+/m1/s1. The van der Waals surface area contributed by atoms with Crippen molar-refractivity contribution in [2.45, 2.75) is 159 Å². The molecule has 5 rings (SSSR count). The summed E-state index contributed by atoms with van der Waals surface area (Å²) in [6.45, 7) is 13.5. The third-order valence-corrected chi connectivity index (χ3v) is 17.1. The number of nitrogens with zero attached hydrogens (tertiary/aromatic N) is 2. The first kappa shape index (κ1) is 73.6. The van der Waals surface area contributed by atoms with E-state index in [1.807, 2.05) is 6.92 Å². The third-order valence-electron chi connectivity index (χ3n) is 16.1. The SMILES string of the molecule is C=C(CBr)C(=O)NCCCCC(C=O)N[C@H](C(=O)N[C@@H](CCCNC(N)=O)C(=O)Nc1ccc(C(=O)N(C)[C@@H](C)C(=O)O[C@H]2CC(=O)N(C)c3cc(cc(OC)c3Cl)C/C(C)=C/C=C/[C@@H](OC)[C@@]3(O)C[C@H](OC(=O)N3)[C@@H](C)[C@@H]3O[C@@]23C)c(C(F)(F)F)c1)C(C)C. The maximum atomic E-state index is 15.1. The third kappa shape index (κ3) is 19.2. The van der Waals surface area contributed by atoms with Crippen LogP contribution in [0.4, 0.5) is 34.1 Å². The Morgan fingerprint density at radius 3 is 2.36 bits per heavy atom. The zero-order chi connectivity index (χ0) is 67.2. The predicted octanol–water partition coefficient (Wildman–Crippen LogP) is 6.14. The minimum Gasteiger partial charge on any atom is -0.495 e. The lowest BCUT2D eigenvalue weighted by Crippen LogP contribution is -2.63. The van der Waals surface area contributed by atoms with Gasteiger partial charge in [0.25, 0.3) is 5.91 Å². The zero-order valence-electron chi connectivity index (χ0n) is 52.0. The number of benzene rings is 2. The van der Waals surface area contributed by atoms with Crippen molar-refractivity contribution in [1.29, 1.82) is 0 Å². The number of primary amides is 1. The van der Waals surface area contributed by atoms with E-state index in [2.05, 4.69) is 54.4 Å². The van der Waals surface area contributed by atoms with Crippen LogP contribution in [0.5, 0.6) is 5.75 Å². The topological polar surface area (TPSA) is 328 Å². The van der Waals surface area contributed by atoms with E-state index < -0.39 is 143 Å². The summed E-state index contributed by atoms with van der Waals surface area (Å²) >= 11 is 9.99. The van der Waals surface area contributed by atoms with Gasteiger partial charge in [-0.15, -0.1) is 0 Å². The number of methoxy groups -OCH3 is 2. The fraction of sp³-hybridized carbons (Fsp3) is 0.557. The second-order valence-electron chi connectivity index (χ2n) is 23.2. The van der Waals surface area contributed by atoms with Crippen LogP contribution >= 0.6 is 27.5 Å². The minimum absolute atomic E-state index is 0.0496. The Balaban J connectivity index is 1.40. The molecule has 0 saturated carbocycles. The molecule has 29 heteroatoms. The van der Waals surface area contributed by atoms with Gasteiger partial charge in [0.1, 0.15) is 53.1 Å². The molecule has 24 nitrogen and oxygen atoms in total. The molecule has 2 aromatic carbocycles. The van der Waals surface area contributed by atoms with E-state index in [1.165, 1.54) is 33.1 Å². The molecule has 0 aliphatic carbocycles. The molecule has 0 aromatic heterocycles. The summed E-state index contributed by atoms with van der Waals surface area (Å²) in [5.74, 6) is -6.14. The largest absolute Gasteiger partial charge is 0.495 e. The molecular formula is C61H82BrClF3N9O15. The number of carbonyl (C=O) groups excluding carboxylic acids is 9. The van der Waals surface area contributed by atoms with Crippen LogP contribution in [-0.2, 0) is 60.3 Å². The molecule has 0 radical (unpaired) electrons. The van der Waals surface area contributed by atoms with E-state index in [-0.39, 0.29) is 54.6 Å². The van der Waals surface area contributed by atoms with Gasteiger partial charge in [0.15, 0.2) is 5.72 Å². The lowest BCUT2D eigenvalue weighted by molar-refractivity contribution is -0.158. The fourth-order valence-corrected chi connectivity index (χ4v) is 11.1. The van der Waals surface area contributed by atoms with E-state index in [1.54, 1.807) is 58.1 Å². The first-order valence-electron chi connectivity index (χ1n) is 29.2. The lowest BCUT2D eigenvalue weighted by atomic mass is 9.83. The summed E-state index contributed by atoms with van der Waals surface area (Å²) < 4.78 is 74.6. The maximum Gasteiger partial charge on any atom is 0.417 e. The van der Waals surface area contributed by atoms with Crippen LogP contribution in [0, 0.1) is 11.8 Å². The average Bonchev–Trinajstić information content (AvgIpc) is 1.57. The molecule has 496 valence electrons. The molecule has 3 aliphatic heterocycles. The van der Waals surface area contributed by atoms with Crippen LogP contribution in [0.15, 0.2) is 66.3 Å². The monoisotopic (exact) mass is 1350 g/mol. The number of nitrogens with one attached hydrogen (secondary N) is 6. The van der Waals surface area contributed by atoms with Crippen LogP contribution in [0.25, 0.3) is 0 Å². The predicted molar refractivity (Wildman–Crippen MR) is 331 cm³/mol. The Kier molecular flexibility index (Phi) is 26.4. The number of nitrogens with two attached hydrogens (primary N) is 1. The van der Waals surface area contributed by atoms with Crippen LogP contribution < -0.4 is 47.3 Å². The summed E-state index contributed by atoms with van der Waals surface area (Å²) in [6, 6.07) is -0.145. The molecule has 11 atom stereocenters. The summed E-state index contributed by atoms with van der Waals surface area (Å²) in [4.78, 5) is 122. The number of rotatable bonds is 25. The number of aldehydes is 1. The van der Waals surface area contributed by atoms with Gasteiger partial charge in [-0.3, -0.25) is 34.6 Å². The maximum absolute atomic E-state index is 15.1. The number of urea groups is 1. The van der Waals surface area contributed by atoms with Crippen LogP contribution in [0.2, 0.25) is 5.02 Å². The number of likely N-dealkylation sites (N-methyl/N-ethyl adjacent to an activating group) is 1. The molecule has 8 amide bonds. The van der Waals surface area contributed by atoms with Gasteiger partial charge in [-0.05, 0) is 101 Å². The smallest absolute Gasteiger partial charge is 0.417 e. The van der Waals surface area contributed by atoms with Crippen molar-refractivity contribution in [3.8, 4) is 5.75 Å². The van der Waals surface area contributed by atoms with Crippen molar-refractivity contribution in [3.05, 3.63) is 88.0 Å². The van der Waals surface area contributed by atoms with Gasteiger partial charge in [-0.25, -0.2) is 14.4 Å². The number of carbonyl (C=O) groups is 9. The van der Waals surface area contributed by atoms with Gasteiger partial charge in [0.05, 0.1) is 48.5 Å². The first-order valence-corrected chi connectivity index (χ1v) is 30.7. The van der Waals surface area contributed by atoms with Gasteiger partial charge in [-0.1, -0.05) is 78.7 Å². The molecule has 3 aliphatic rings. The molecule has 2 aromatic rings. The van der Waals surface area contributed by atoms with E-state index in [4.69, 9.17) is 41.0 Å². The Morgan fingerprint density at radius 1 is 1.04 bits per heavy atom. The number of anilines is 2. The number of epoxide rings is 1. The van der Waals surface area contributed by atoms with Crippen LogP contribution in [0.3, 0.4) is 0 Å². The second-order valence-corrected chi connectivity index (χ2v) is 24.1. The van der Waals surface area contributed by atoms with E-state index in [0.29, 0.717) is 59.5 Å². The lowest BCUT2D eigenvalue weighted by Gasteiger charge is -2.42. The highest BCUT2D eigenvalue weighted by atomic mass is 79.9. The molecule has 3 heterocycles. The molecule has 90 heavy (non-hydrogen) atoms. The number of hydrogen-bond acceptors (Lipinski definition) is 16. The molecule has 2 fully saturated rings. The van der Waals surface area contributed by atoms with E-state index in [0.717, 1.165) is 24.8 Å². The summed E-state index contributed by atoms with van der Waals surface area (Å²) in [6.07, 6.45) is -4.44. The van der Waals surface area contributed by atoms with Gasteiger partial charge in [-0.2, -0.15) is 13.2 Å². The fourth-order valence-electron chi connectivity index (χ4n) is 10.6. The number of esters is 1. The van der Waals surface area contributed by atoms with Crippen molar-refractivity contribution in [3.63, 3.8) is 0 Å². The molecule has 9 N–H and O–H groups in total. The number of fused-ring (bicyclic) bond motifs is 5. The number of unbranched alkanes of at least 4 members (excludes halogenated alkanes) is 1. The first-order chi connectivity index (χ1) is 42.2. The van der Waals surface area contributed by atoms with E-state index >= 15 is 13.2 Å². The quantitative estimate of drug-likeness (QED) is 0.0138. The van der Waals surface area contributed by atoms with Gasteiger partial charge < -0.3 is 70.4 Å². The van der Waals surface area contributed by atoms with Gasteiger partial charge in [0, 0.05) is 63.2 Å². The molecular weight excluding hydrogens is 1270 g/mol. The second kappa shape index (κ2) is 32.3. The molecule has 0 spiro atoms. The highest BCUT2D eigenvalue weighted by Gasteiger charge is 2.64. The molecule has 4 bridgehead atoms. The van der Waals surface area contributed by atoms with Crippen molar-refractivity contribution >= 4 is 92.8 Å². The summed E-state index contributed by atoms with van der Waals surface area (Å²) in [7, 11) is 5.26. The Hall–Kier alpha value is -7.11. The van der Waals surface area contributed by atoms with Crippen molar-refractivity contribution in [1.82, 2.24) is 31.5 Å². The van der Waals surface area contributed by atoms with Gasteiger partial charge >= 0.3 is 24.3 Å². The van der Waals surface area contributed by atoms with Crippen molar-refractivity contribution in [2.75, 3.05) is 57.0 Å². The summed E-state index contributed by atoms with van der Waals surface area (Å²) in [5, 5.41) is 27.8. The van der Waals surface area contributed by atoms with Crippen molar-refractivity contribution in [2.24, 2.45) is 17.6 Å².